The minimum atomic E-state index is -0.402. The van der Waals surface area contributed by atoms with E-state index in [2.05, 4.69) is 21.2 Å². The third-order valence-corrected chi connectivity index (χ3v) is 4.01. The van der Waals surface area contributed by atoms with Crippen LogP contribution in [0.15, 0.2) is 0 Å². The van der Waals surface area contributed by atoms with Crippen molar-refractivity contribution in [2.24, 2.45) is 0 Å². The number of likely N-dealkylation sites (N-methyl/N-ethyl adjacent to an activating group) is 1. The molecule has 0 aromatic rings. The van der Waals surface area contributed by atoms with Crippen molar-refractivity contribution in [3.63, 3.8) is 0 Å². The molecule has 2 rings (SSSR count). The monoisotopic (exact) mass is 222 g/mol. The Balaban J connectivity index is 1.90. The van der Waals surface area contributed by atoms with Crippen molar-refractivity contribution < 1.29 is 0 Å². The molecule has 4 nitrogen and oxygen atoms in total. The average molecular weight is 222 g/mol. The molecule has 2 aliphatic rings. The van der Waals surface area contributed by atoms with Crippen LogP contribution in [0.4, 0.5) is 0 Å². The maximum atomic E-state index is 9.15. The van der Waals surface area contributed by atoms with E-state index in [4.69, 9.17) is 5.26 Å². The molecule has 0 aromatic carbocycles. The SMILES string of the molecule is CNC(C)(C#N)CN1CCN2CCCC2C1. The first kappa shape index (κ1) is 11.8. The molecule has 2 unspecified atom stereocenters. The molecular formula is C12H22N4. The van der Waals surface area contributed by atoms with Crippen LogP contribution in [0.25, 0.3) is 0 Å². The highest BCUT2D eigenvalue weighted by Crippen LogP contribution is 2.22. The normalized spacial score (nSPS) is 30.7. The molecule has 0 amide bonds. The Morgan fingerprint density at radius 2 is 2.25 bits per heavy atom. The average Bonchev–Trinajstić information content (AvgIpc) is 2.76. The van der Waals surface area contributed by atoms with E-state index in [-0.39, 0.29) is 0 Å². The summed E-state index contributed by atoms with van der Waals surface area (Å²) in [4.78, 5) is 5.03. The maximum absolute atomic E-state index is 9.15. The van der Waals surface area contributed by atoms with Crippen molar-refractivity contribution >= 4 is 0 Å². The van der Waals surface area contributed by atoms with E-state index < -0.39 is 5.54 Å². The Bertz CT molecular complexity index is 285. The number of nitrogens with one attached hydrogen (secondary N) is 1. The molecule has 4 heteroatoms. The Morgan fingerprint density at radius 1 is 1.44 bits per heavy atom. The summed E-state index contributed by atoms with van der Waals surface area (Å²) in [6, 6.07) is 3.11. The van der Waals surface area contributed by atoms with Gasteiger partial charge in [0.15, 0.2) is 0 Å². The molecule has 2 atom stereocenters. The predicted molar refractivity (Wildman–Crippen MR) is 64.1 cm³/mol. The summed E-state index contributed by atoms with van der Waals surface area (Å²) in [5.74, 6) is 0. The number of nitriles is 1. The second-order valence-electron chi connectivity index (χ2n) is 5.26. The Labute approximate surface area is 98.2 Å². The smallest absolute Gasteiger partial charge is 0.116 e. The molecule has 0 aliphatic carbocycles. The van der Waals surface area contributed by atoms with Crippen LogP contribution in [-0.2, 0) is 0 Å². The quantitative estimate of drug-likeness (QED) is 0.744. The molecule has 2 heterocycles. The van der Waals surface area contributed by atoms with Crippen molar-refractivity contribution in [3.05, 3.63) is 0 Å². The zero-order chi connectivity index (χ0) is 11.6. The largest absolute Gasteiger partial charge is 0.302 e. The summed E-state index contributed by atoms with van der Waals surface area (Å²) < 4.78 is 0. The molecule has 2 saturated heterocycles. The van der Waals surface area contributed by atoms with Gasteiger partial charge in [0.25, 0.3) is 0 Å². The summed E-state index contributed by atoms with van der Waals surface area (Å²) >= 11 is 0. The summed E-state index contributed by atoms with van der Waals surface area (Å²) in [5, 5.41) is 12.3. The van der Waals surface area contributed by atoms with Crippen LogP contribution in [-0.4, -0.2) is 61.2 Å². The van der Waals surface area contributed by atoms with Gasteiger partial charge in [0.05, 0.1) is 6.07 Å². The molecule has 2 fully saturated rings. The van der Waals surface area contributed by atoms with Gasteiger partial charge >= 0.3 is 0 Å². The van der Waals surface area contributed by atoms with Crippen LogP contribution in [0.3, 0.4) is 0 Å². The van der Waals surface area contributed by atoms with Gasteiger partial charge in [-0.2, -0.15) is 5.26 Å². The maximum Gasteiger partial charge on any atom is 0.116 e. The molecule has 16 heavy (non-hydrogen) atoms. The zero-order valence-corrected chi connectivity index (χ0v) is 10.4. The van der Waals surface area contributed by atoms with Crippen molar-refractivity contribution in [1.82, 2.24) is 15.1 Å². The van der Waals surface area contributed by atoms with E-state index in [0.29, 0.717) is 0 Å². The zero-order valence-electron chi connectivity index (χ0n) is 10.4. The fourth-order valence-corrected chi connectivity index (χ4v) is 2.82. The summed E-state index contributed by atoms with van der Waals surface area (Å²) in [6.45, 7) is 7.52. The minimum absolute atomic E-state index is 0.402. The molecule has 0 saturated carbocycles. The van der Waals surface area contributed by atoms with Crippen LogP contribution in [0, 0.1) is 11.3 Å². The summed E-state index contributed by atoms with van der Waals surface area (Å²) in [6.07, 6.45) is 2.68. The van der Waals surface area contributed by atoms with Gasteiger partial charge < -0.3 is 5.32 Å². The second kappa shape index (κ2) is 4.70. The highest BCUT2D eigenvalue weighted by molar-refractivity contribution is 5.05. The third-order valence-electron chi connectivity index (χ3n) is 4.01. The molecular weight excluding hydrogens is 200 g/mol. The van der Waals surface area contributed by atoms with Crippen LogP contribution < -0.4 is 5.32 Å². The number of fused-ring (bicyclic) bond motifs is 1. The van der Waals surface area contributed by atoms with E-state index in [0.717, 1.165) is 25.7 Å². The van der Waals surface area contributed by atoms with Gasteiger partial charge in [-0.15, -0.1) is 0 Å². The highest BCUT2D eigenvalue weighted by Gasteiger charge is 2.33. The first-order valence-electron chi connectivity index (χ1n) is 6.23. The highest BCUT2D eigenvalue weighted by atomic mass is 15.3. The molecule has 0 radical (unpaired) electrons. The number of hydrogen-bond acceptors (Lipinski definition) is 4. The molecule has 0 spiro atoms. The van der Waals surface area contributed by atoms with E-state index >= 15 is 0 Å². The summed E-state index contributed by atoms with van der Waals surface area (Å²) in [5.41, 5.74) is -0.402. The lowest BCUT2D eigenvalue weighted by atomic mass is 10.0. The number of rotatable bonds is 3. The molecule has 2 aliphatic heterocycles. The fraction of sp³-hybridized carbons (Fsp3) is 0.917. The number of nitrogens with zero attached hydrogens (tertiary/aromatic N) is 3. The van der Waals surface area contributed by atoms with Crippen molar-refractivity contribution in [1.29, 1.82) is 5.26 Å². The Morgan fingerprint density at radius 3 is 2.94 bits per heavy atom. The fourth-order valence-electron chi connectivity index (χ4n) is 2.82. The van der Waals surface area contributed by atoms with E-state index in [9.17, 15) is 0 Å². The van der Waals surface area contributed by atoms with Crippen LogP contribution in [0.5, 0.6) is 0 Å². The Kier molecular flexibility index (Phi) is 3.48. The first-order chi connectivity index (χ1) is 7.67. The lowest BCUT2D eigenvalue weighted by Gasteiger charge is -2.40. The minimum Gasteiger partial charge on any atom is -0.302 e. The molecule has 1 N–H and O–H groups in total. The van der Waals surface area contributed by atoms with Gasteiger partial charge in [0, 0.05) is 32.2 Å². The molecule has 0 bridgehead atoms. The van der Waals surface area contributed by atoms with E-state index in [1.165, 1.54) is 25.9 Å². The van der Waals surface area contributed by atoms with Crippen LogP contribution >= 0.6 is 0 Å². The van der Waals surface area contributed by atoms with Gasteiger partial charge in [0.2, 0.25) is 0 Å². The van der Waals surface area contributed by atoms with Gasteiger partial charge in [0.1, 0.15) is 5.54 Å². The lowest BCUT2D eigenvalue weighted by Crippen LogP contribution is -2.56. The molecule has 90 valence electrons. The lowest BCUT2D eigenvalue weighted by molar-refractivity contribution is 0.0912. The van der Waals surface area contributed by atoms with Crippen molar-refractivity contribution in [2.45, 2.75) is 31.3 Å². The topological polar surface area (TPSA) is 42.3 Å². The van der Waals surface area contributed by atoms with Crippen LogP contribution in [0.2, 0.25) is 0 Å². The Hall–Kier alpha value is -0.630. The van der Waals surface area contributed by atoms with E-state index in [1.54, 1.807) is 0 Å². The van der Waals surface area contributed by atoms with Gasteiger partial charge in [-0.3, -0.25) is 9.80 Å². The molecule has 0 aromatic heterocycles. The van der Waals surface area contributed by atoms with E-state index in [1.807, 2.05) is 14.0 Å². The van der Waals surface area contributed by atoms with Gasteiger partial charge in [-0.25, -0.2) is 0 Å². The number of hydrogen-bond donors (Lipinski definition) is 1. The number of piperazine rings is 1. The predicted octanol–water partition coefficient (Wildman–Crippen LogP) is 0.268. The van der Waals surface area contributed by atoms with Crippen LogP contribution in [0.1, 0.15) is 19.8 Å². The second-order valence-corrected chi connectivity index (χ2v) is 5.26. The first-order valence-corrected chi connectivity index (χ1v) is 6.23. The summed E-state index contributed by atoms with van der Waals surface area (Å²) in [7, 11) is 1.87. The third kappa shape index (κ3) is 2.37. The van der Waals surface area contributed by atoms with Gasteiger partial charge in [-0.1, -0.05) is 0 Å². The standard InChI is InChI=1S/C12H22N4/c1-12(9-13,14-2)10-15-6-7-16-5-3-4-11(16)8-15/h11,14H,3-8,10H2,1-2H3. The van der Waals surface area contributed by atoms with Crippen molar-refractivity contribution in [3.8, 4) is 6.07 Å². The van der Waals surface area contributed by atoms with Crippen molar-refractivity contribution in [2.75, 3.05) is 39.8 Å². The van der Waals surface area contributed by atoms with Gasteiger partial charge in [-0.05, 0) is 33.4 Å².